The molecule has 0 aromatic heterocycles. The van der Waals surface area contributed by atoms with Crippen molar-refractivity contribution in [3.63, 3.8) is 0 Å². The second kappa shape index (κ2) is 6.09. The Balaban J connectivity index is 0.00000162. The normalized spacial score (nSPS) is 14.9. The average Bonchev–Trinajstić information content (AvgIpc) is 2.24. The zero-order chi connectivity index (χ0) is 12.6. The number of allylic oxidation sites excluding steroid dienone is 3. The molecule has 0 spiro atoms. The van der Waals surface area contributed by atoms with Crippen molar-refractivity contribution in [3.05, 3.63) is 64.9 Å². The van der Waals surface area contributed by atoms with E-state index in [1.54, 1.807) is 11.9 Å². The third-order valence-corrected chi connectivity index (χ3v) is 2.81. The standard InChI is InChI=1S/C13H9ClF2N.Y/c1-8-12(14)3-4-13(17(8)2)9-5-10(15)7-11(16)6-9;/h3,5-7H,1H2,2H3;/q-1;. The Labute approximate surface area is 135 Å². The van der Waals surface area contributed by atoms with Crippen LogP contribution in [0.15, 0.2) is 41.6 Å². The second-order valence-corrected chi connectivity index (χ2v) is 4.06. The zero-order valence-electron chi connectivity index (χ0n) is 9.67. The van der Waals surface area contributed by atoms with Gasteiger partial charge in [-0.3, -0.25) is 0 Å². The first-order valence-electron chi connectivity index (χ1n) is 4.87. The molecule has 1 aliphatic rings. The van der Waals surface area contributed by atoms with Crippen molar-refractivity contribution in [2.45, 2.75) is 0 Å². The van der Waals surface area contributed by atoms with Crippen LogP contribution in [0.25, 0.3) is 5.70 Å². The zero-order valence-corrected chi connectivity index (χ0v) is 13.3. The van der Waals surface area contributed by atoms with Gasteiger partial charge in [0.15, 0.2) is 0 Å². The number of likely N-dealkylation sites (N-methyl/N-ethyl adjacent to an activating group) is 1. The largest absolute Gasteiger partial charge is 0.377 e. The first kappa shape index (κ1) is 15.6. The first-order chi connectivity index (χ1) is 7.99. The summed E-state index contributed by atoms with van der Waals surface area (Å²) >= 11 is 5.87. The Kier molecular flexibility index (Phi) is 5.26. The molecule has 0 unspecified atom stereocenters. The van der Waals surface area contributed by atoms with E-state index >= 15 is 0 Å². The van der Waals surface area contributed by atoms with Gasteiger partial charge < -0.3 is 4.90 Å². The maximum absolute atomic E-state index is 13.1. The fraction of sp³-hybridized carbons (Fsp3) is 0.0769. The van der Waals surface area contributed by atoms with Crippen LogP contribution < -0.4 is 0 Å². The predicted molar refractivity (Wildman–Crippen MR) is 63.8 cm³/mol. The van der Waals surface area contributed by atoms with E-state index in [1.807, 2.05) is 0 Å². The smallest absolute Gasteiger partial charge is 0.114 e. The number of rotatable bonds is 1. The Hall–Kier alpha value is -0.506. The fourth-order valence-electron chi connectivity index (χ4n) is 1.57. The molecule has 0 fully saturated rings. The van der Waals surface area contributed by atoms with Crippen molar-refractivity contribution in [1.82, 2.24) is 4.90 Å². The average molecular weight is 342 g/mol. The molecule has 5 heteroatoms. The molecule has 1 aromatic rings. The SMILES string of the molecule is C=C1C(Cl)=C[C-]=C(c2cc(F)cc(F)c2)N1C.[Y]. The van der Waals surface area contributed by atoms with Gasteiger partial charge in [0.1, 0.15) is 11.6 Å². The molecule has 1 aliphatic heterocycles. The second-order valence-electron chi connectivity index (χ2n) is 3.65. The van der Waals surface area contributed by atoms with Gasteiger partial charge in [-0.2, -0.15) is 23.8 Å². The number of nitrogens with zero attached hydrogens (tertiary/aromatic N) is 1. The van der Waals surface area contributed by atoms with Crippen molar-refractivity contribution in [1.29, 1.82) is 0 Å². The molecule has 0 bridgehead atoms. The Morgan fingerprint density at radius 1 is 1.22 bits per heavy atom. The molecular formula is C13H9ClF2NY-. The summed E-state index contributed by atoms with van der Waals surface area (Å²) in [6.45, 7) is 3.77. The Bertz CT molecular complexity index is 532. The van der Waals surface area contributed by atoms with Crippen LogP contribution in [-0.4, -0.2) is 11.9 Å². The summed E-state index contributed by atoms with van der Waals surface area (Å²) in [4.78, 5) is 1.64. The molecule has 91 valence electrons. The van der Waals surface area contributed by atoms with E-state index in [0.29, 0.717) is 22.0 Å². The molecular weight excluding hydrogens is 333 g/mol. The van der Waals surface area contributed by atoms with E-state index in [0.717, 1.165) is 6.07 Å². The number of hydrogen-bond acceptors (Lipinski definition) is 1. The summed E-state index contributed by atoms with van der Waals surface area (Å²) in [5.74, 6) is -1.26. The van der Waals surface area contributed by atoms with Crippen LogP contribution in [0.3, 0.4) is 0 Å². The summed E-state index contributed by atoms with van der Waals surface area (Å²) in [6, 6.07) is 3.30. The van der Waals surface area contributed by atoms with Gasteiger partial charge >= 0.3 is 0 Å². The van der Waals surface area contributed by atoms with E-state index in [-0.39, 0.29) is 32.7 Å². The van der Waals surface area contributed by atoms with Crippen LogP contribution in [0.4, 0.5) is 8.78 Å². The van der Waals surface area contributed by atoms with E-state index in [9.17, 15) is 8.78 Å². The minimum atomic E-state index is -0.631. The quantitative estimate of drug-likeness (QED) is 0.704. The fourth-order valence-corrected chi connectivity index (χ4v) is 1.76. The number of hydrogen-bond donors (Lipinski definition) is 0. The third kappa shape index (κ3) is 3.08. The molecule has 1 aromatic carbocycles. The summed E-state index contributed by atoms with van der Waals surface area (Å²) in [5, 5.41) is 0.452. The van der Waals surface area contributed by atoms with Crippen molar-refractivity contribution in [2.75, 3.05) is 7.05 Å². The minimum absolute atomic E-state index is 0. The Morgan fingerprint density at radius 3 is 2.33 bits per heavy atom. The maximum Gasteiger partial charge on any atom is 0.114 e. The molecule has 2 rings (SSSR count). The number of halogens is 3. The molecule has 0 aliphatic carbocycles. The molecule has 1 heterocycles. The summed E-state index contributed by atoms with van der Waals surface area (Å²) in [5.41, 5.74) is 1.48. The van der Waals surface area contributed by atoms with E-state index in [4.69, 9.17) is 11.6 Å². The van der Waals surface area contributed by atoms with Crippen molar-refractivity contribution in [2.24, 2.45) is 0 Å². The van der Waals surface area contributed by atoms with Gasteiger partial charge in [-0.15, -0.1) is 0 Å². The van der Waals surface area contributed by atoms with Gasteiger partial charge in [0, 0.05) is 45.8 Å². The molecule has 0 saturated heterocycles. The van der Waals surface area contributed by atoms with Gasteiger partial charge in [-0.05, 0) is 10.7 Å². The molecule has 1 radical (unpaired) electrons. The van der Waals surface area contributed by atoms with Crippen LogP contribution in [0.2, 0.25) is 0 Å². The van der Waals surface area contributed by atoms with Crippen molar-refractivity contribution in [3.8, 4) is 0 Å². The van der Waals surface area contributed by atoms with Crippen LogP contribution in [0, 0.1) is 17.7 Å². The molecule has 18 heavy (non-hydrogen) atoms. The molecule has 1 nitrogen and oxygen atoms in total. The van der Waals surface area contributed by atoms with E-state index in [1.165, 1.54) is 18.2 Å². The predicted octanol–water partition coefficient (Wildman–Crippen LogP) is 3.69. The van der Waals surface area contributed by atoms with Crippen LogP contribution in [-0.2, 0) is 32.7 Å². The molecule has 0 saturated carbocycles. The van der Waals surface area contributed by atoms with Crippen LogP contribution in [0.1, 0.15) is 5.56 Å². The maximum atomic E-state index is 13.1. The third-order valence-electron chi connectivity index (χ3n) is 2.49. The van der Waals surface area contributed by atoms with Gasteiger partial charge in [0.25, 0.3) is 0 Å². The van der Waals surface area contributed by atoms with Crippen LogP contribution >= 0.6 is 11.6 Å². The number of benzene rings is 1. The first-order valence-corrected chi connectivity index (χ1v) is 5.25. The minimum Gasteiger partial charge on any atom is -0.377 e. The van der Waals surface area contributed by atoms with Gasteiger partial charge in [0.2, 0.25) is 0 Å². The molecule has 0 amide bonds. The summed E-state index contributed by atoms with van der Waals surface area (Å²) < 4.78 is 26.2. The van der Waals surface area contributed by atoms with Crippen molar-refractivity contribution >= 4 is 17.3 Å². The summed E-state index contributed by atoms with van der Waals surface area (Å²) in [6.07, 6.45) is 4.40. The monoisotopic (exact) mass is 341 g/mol. The molecule has 0 N–H and O–H groups in total. The topological polar surface area (TPSA) is 3.24 Å². The van der Waals surface area contributed by atoms with E-state index < -0.39 is 11.6 Å². The van der Waals surface area contributed by atoms with Crippen LogP contribution in [0.5, 0.6) is 0 Å². The summed E-state index contributed by atoms with van der Waals surface area (Å²) in [7, 11) is 1.71. The van der Waals surface area contributed by atoms with E-state index in [2.05, 4.69) is 12.7 Å². The van der Waals surface area contributed by atoms with Gasteiger partial charge in [0.05, 0.1) is 0 Å². The van der Waals surface area contributed by atoms with Gasteiger partial charge in [-0.1, -0.05) is 30.0 Å². The molecule has 0 atom stereocenters. The Morgan fingerprint density at radius 2 is 1.78 bits per heavy atom. The van der Waals surface area contributed by atoms with Crippen molar-refractivity contribution < 1.29 is 41.5 Å². The van der Waals surface area contributed by atoms with Gasteiger partial charge in [-0.25, -0.2) is 8.78 Å².